The number of ether oxygens (including phenoxy) is 1. The van der Waals surface area contributed by atoms with Crippen LogP contribution in [0.4, 0.5) is 0 Å². The number of aromatic nitrogens is 2. The molecule has 4 aromatic rings. The van der Waals surface area contributed by atoms with Crippen LogP contribution in [0.15, 0.2) is 72.8 Å². The Bertz CT molecular complexity index is 1620. The van der Waals surface area contributed by atoms with Gasteiger partial charge >= 0.3 is 0 Å². The van der Waals surface area contributed by atoms with Crippen LogP contribution in [0.5, 0.6) is 11.5 Å². The third-order valence-electron chi connectivity index (χ3n) is 8.70. The molecule has 0 saturated carbocycles. The van der Waals surface area contributed by atoms with E-state index in [2.05, 4.69) is 65.5 Å². The Morgan fingerprint density at radius 2 is 1.82 bits per heavy atom. The van der Waals surface area contributed by atoms with Crippen molar-refractivity contribution < 1.29 is 14.3 Å². The van der Waals surface area contributed by atoms with Gasteiger partial charge < -0.3 is 15.0 Å². The maximum atomic E-state index is 13.5. The minimum Gasteiger partial charge on any atom is -0.457 e. The summed E-state index contributed by atoms with van der Waals surface area (Å²) >= 11 is 1.60. The van der Waals surface area contributed by atoms with Crippen molar-refractivity contribution in [3.63, 3.8) is 0 Å². The third kappa shape index (κ3) is 7.60. The van der Waals surface area contributed by atoms with Crippen LogP contribution in [0.25, 0.3) is 10.6 Å². The molecule has 2 aliphatic heterocycles. The number of benzene rings is 3. The van der Waals surface area contributed by atoms with Crippen LogP contribution in [0, 0.1) is 0 Å². The maximum Gasteiger partial charge on any atom is 0.251 e. The molecule has 2 unspecified atom stereocenters. The number of likely N-dealkylation sites (tertiary alicyclic amines) is 2. The van der Waals surface area contributed by atoms with E-state index in [1.807, 2.05) is 53.4 Å². The molecular weight excluding hydrogens is 582 g/mol. The SMILES string of the molecule is CC(C)c1nnc(-c2ccc(Oc3cc(C(=O)NC4CCN(Cc5ccccc5)C(C)C4)ccc3CN3CCCC3=O)cc2)s1. The van der Waals surface area contributed by atoms with E-state index in [0.717, 1.165) is 60.0 Å². The molecule has 1 N–H and O–H groups in total. The van der Waals surface area contributed by atoms with Gasteiger partial charge in [-0.15, -0.1) is 10.2 Å². The Balaban J connectivity index is 1.15. The van der Waals surface area contributed by atoms with Crippen LogP contribution in [-0.4, -0.2) is 57.0 Å². The van der Waals surface area contributed by atoms with Crippen LogP contribution < -0.4 is 10.1 Å². The molecule has 2 saturated heterocycles. The smallest absolute Gasteiger partial charge is 0.251 e. The molecule has 0 radical (unpaired) electrons. The molecule has 1 aromatic heterocycles. The Morgan fingerprint density at radius 3 is 2.51 bits per heavy atom. The van der Waals surface area contributed by atoms with Crippen molar-refractivity contribution in [2.75, 3.05) is 13.1 Å². The molecule has 2 atom stereocenters. The predicted molar refractivity (Wildman–Crippen MR) is 177 cm³/mol. The average Bonchev–Trinajstić information content (AvgIpc) is 3.70. The maximum absolute atomic E-state index is 13.5. The molecule has 234 valence electrons. The average molecular weight is 624 g/mol. The van der Waals surface area contributed by atoms with Gasteiger partial charge in [0, 0.05) is 67.3 Å². The second-order valence-corrected chi connectivity index (χ2v) is 13.5. The van der Waals surface area contributed by atoms with E-state index in [4.69, 9.17) is 4.74 Å². The summed E-state index contributed by atoms with van der Waals surface area (Å²) in [5.74, 6) is 1.61. The van der Waals surface area contributed by atoms with Gasteiger partial charge in [0.15, 0.2) is 0 Å². The molecule has 2 amide bonds. The minimum absolute atomic E-state index is 0.106. The minimum atomic E-state index is -0.107. The van der Waals surface area contributed by atoms with Crippen molar-refractivity contribution in [3.8, 4) is 22.1 Å². The van der Waals surface area contributed by atoms with Gasteiger partial charge in [-0.2, -0.15) is 0 Å². The van der Waals surface area contributed by atoms with E-state index in [1.54, 1.807) is 11.3 Å². The molecule has 45 heavy (non-hydrogen) atoms. The first-order valence-corrected chi connectivity index (χ1v) is 16.8. The van der Waals surface area contributed by atoms with Gasteiger partial charge in [0.1, 0.15) is 21.5 Å². The summed E-state index contributed by atoms with van der Waals surface area (Å²) in [5, 5.41) is 13.8. The molecule has 2 aliphatic rings. The van der Waals surface area contributed by atoms with E-state index in [9.17, 15) is 9.59 Å². The van der Waals surface area contributed by atoms with Crippen molar-refractivity contribution in [1.29, 1.82) is 0 Å². The van der Waals surface area contributed by atoms with Crippen molar-refractivity contribution in [3.05, 3.63) is 94.5 Å². The molecule has 0 bridgehead atoms. The molecule has 3 heterocycles. The fourth-order valence-electron chi connectivity index (χ4n) is 6.05. The highest BCUT2D eigenvalue weighted by molar-refractivity contribution is 7.14. The number of carbonyl (C=O) groups excluding carboxylic acids is 2. The number of nitrogens with one attached hydrogen (secondary N) is 1. The number of piperidine rings is 1. The van der Waals surface area contributed by atoms with E-state index in [0.29, 0.717) is 42.0 Å². The molecule has 0 aliphatic carbocycles. The van der Waals surface area contributed by atoms with Gasteiger partial charge in [-0.05, 0) is 68.1 Å². The number of rotatable bonds is 10. The summed E-state index contributed by atoms with van der Waals surface area (Å²) in [4.78, 5) is 30.3. The number of amides is 2. The normalized spacial score (nSPS) is 18.8. The summed E-state index contributed by atoms with van der Waals surface area (Å²) in [7, 11) is 0. The predicted octanol–water partition coefficient (Wildman–Crippen LogP) is 7.03. The molecular formula is C36H41N5O3S. The topological polar surface area (TPSA) is 87.7 Å². The molecule has 2 fully saturated rings. The Labute approximate surface area is 269 Å². The standard InChI is InChI=1S/C36H41N5O3S/c1-24(2)35-38-39-36(45-35)27-13-15-31(16-14-27)44-32-21-28(11-12-29(32)23-41-18-7-10-33(41)42)34(43)37-30-17-19-40(25(3)20-30)22-26-8-5-4-6-9-26/h4-6,8-9,11-16,21,24-25,30H,7,10,17-20,22-23H2,1-3H3,(H,37,43). The highest BCUT2D eigenvalue weighted by Gasteiger charge is 2.27. The van der Waals surface area contributed by atoms with Gasteiger partial charge in [0.2, 0.25) is 5.91 Å². The molecule has 0 spiro atoms. The summed E-state index contributed by atoms with van der Waals surface area (Å²) in [6, 6.07) is 24.4. The Hall–Kier alpha value is -4.08. The second-order valence-electron chi connectivity index (χ2n) is 12.5. The van der Waals surface area contributed by atoms with E-state index in [1.165, 1.54) is 5.56 Å². The first-order chi connectivity index (χ1) is 21.8. The first-order valence-electron chi connectivity index (χ1n) is 15.9. The first kappa shape index (κ1) is 30.9. The zero-order valence-corrected chi connectivity index (χ0v) is 27.1. The number of hydrogen-bond donors (Lipinski definition) is 1. The lowest BCUT2D eigenvalue weighted by Gasteiger charge is -2.38. The Morgan fingerprint density at radius 1 is 1.02 bits per heavy atom. The van der Waals surface area contributed by atoms with Crippen LogP contribution in [0.2, 0.25) is 0 Å². The van der Waals surface area contributed by atoms with Crippen molar-refractivity contribution in [1.82, 2.24) is 25.3 Å². The Kier molecular flexibility index (Phi) is 9.56. The lowest BCUT2D eigenvalue weighted by Crippen LogP contribution is -2.48. The monoisotopic (exact) mass is 623 g/mol. The van der Waals surface area contributed by atoms with Crippen LogP contribution in [-0.2, 0) is 17.9 Å². The third-order valence-corrected chi connectivity index (χ3v) is 9.98. The summed E-state index contributed by atoms with van der Waals surface area (Å²) in [5.41, 5.74) is 3.71. The molecule has 8 nitrogen and oxygen atoms in total. The summed E-state index contributed by atoms with van der Waals surface area (Å²) in [6.07, 6.45) is 3.24. The zero-order valence-electron chi connectivity index (χ0n) is 26.2. The largest absolute Gasteiger partial charge is 0.457 e. The number of carbonyl (C=O) groups is 2. The number of hydrogen-bond acceptors (Lipinski definition) is 7. The fraction of sp³-hybridized carbons (Fsp3) is 0.389. The van der Waals surface area contributed by atoms with Crippen LogP contribution in [0.1, 0.15) is 78.9 Å². The van der Waals surface area contributed by atoms with Gasteiger partial charge in [0.25, 0.3) is 5.91 Å². The van der Waals surface area contributed by atoms with Gasteiger partial charge in [0.05, 0.1) is 0 Å². The molecule has 9 heteroatoms. The van der Waals surface area contributed by atoms with E-state index in [-0.39, 0.29) is 17.9 Å². The quantitative estimate of drug-likeness (QED) is 0.204. The van der Waals surface area contributed by atoms with Crippen molar-refractivity contribution in [2.45, 2.75) is 77.5 Å². The van der Waals surface area contributed by atoms with Crippen molar-refractivity contribution >= 4 is 23.2 Å². The van der Waals surface area contributed by atoms with Gasteiger partial charge in [-0.3, -0.25) is 14.5 Å². The molecule has 3 aromatic carbocycles. The summed E-state index contributed by atoms with van der Waals surface area (Å²) in [6.45, 7) is 9.50. The zero-order chi connectivity index (χ0) is 31.3. The number of nitrogens with zero attached hydrogens (tertiary/aromatic N) is 4. The highest BCUT2D eigenvalue weighted by Crippen LogP contribution is 2.32. The van der Waals surface area contributed by atoms with E-state index < -0.39 is 0 Å². The second kappa shape index (κ2) is 13.9. The van der Waals surface area contributed by atoms with E-state index >= 15 is 0 Å². The van der Waals surface area contributed by atoms with Crippen LogP contribution >= 0.6 is 11.3 Å². The van der Waals surface area contributed by atoms with Crippen LogP contribution in [0.3, 0.4) is 0 Å². The van der Waals surface area contributed by atoms with Crippen molar-refractivity contribution in [2.24, 2.45) is 0 Å². The fourth-order valence-corrected chi connectivity index (χ4v) is 6.90. The van der Waals surface area contributed by atoms with Gasteiger partial charge in [-0.25, -0.2) is 0 Å². The molecule has 6 rings (SSSR count). The lowest BCUT2D eigenvalue weighted by molar-refractivity contribution is -0.128. The lowest BCUT2D eigenvalue weighted by atomic mass is 9.97. The van der Waals surface area contributed by atoms with Gasteiger partial charge in [-0.1, -0.05) is 61.6 Å². The summed E-state index contributed by atoms with van der Waals surface area (Å²) < 4.78 is 6.40. The highest BCUT2D eigenvalue weighted by atomic mass is 32.1.